The van der Waals surface area contributed by atoms with Gasteiger partial charge in [0.05, 0.1) is 41.0 Å². The van der Waals surface area contributed by atoms with Crippen molar-refractivity contribution in [2.45, 2.75) is 201 Å². The van der Waals surface area contributed by atoms with Crippen LogP contribution >= 0.6 is 7.82 Å². The lowest BCUT2D eigenvalue weighted by atomic mass is 9.94. The van der Waals surface area contributed by atoms with E-state index in [1.54, 1.807) is 18.2 Å². The van der Waals surface area contributed by atoms with Gasteiger partial charge < -0.3 is 23.4 Å². The van der Waals surface area contributed by atoms with Gasteiger partial charge in [-0.3, -0.25) is 9.05 Å². The molecule has 1 aromatic carbocycles. The summed E-state index contributed by atoms with van der Waals surface area (Å²) in [6.45, 7) is 8.57. The molecule has 0 heterocycles. The summed E-state index contributed by atoms with van der Waals surface area (Å²) in [5.41, 5.74) is 0.325. The minimum Gasteiger partial charge on any atom is -0.746 e. The molecule has 0 aliphatic rings. The highest BCUT2D eigenvalue weighted by Gasteiger charge is 2.29. The fourth-order valence-corrected chi connectivity index (χ4v) is 7.80. The number of phosphoric ester groups is 1. The van der Waals surface area contributed by atoms with Crippen molar-refractivity contribution in [1.29, 1.82) is 0 Å². The average Bonchev–Trinajstić information content (AvgIpc) is 3.13. The summed E-state index contributed by atoms with van der Waals surface area (Å²) in [6, 6.07) is 7.14. The fraction of sp³-hybridized carbons (Fsp3) is 0.870. The number of rotatable bonds is 40. The summed E-state index contributed by atoms with van der Waals surface area (Å²) in [4.78, 5) is 13.0. The maximum absolute atomic E-state index is 13.0. The first-order valence-electron chi connectivity index (χ1n) is 22.7. The summed E-state index contributed by atoms with van der Waals surface area (Å²) in [6.07, 6.45) is 37.1. The molecule has 54 heavy (non-hydrogen) atoms. The zero-order chi connectivity index (χ0) is 39.6. The second-order valence-corrected chi connectivity index (χ2v) is 18.8. The third-order valence-corrected chi connectivity index (χ3v) is 11.4. The Bertz CT molecular complexity index is 995. The normalized spacial score (nSPS) is 13.4. The molecule has 0 spiro atoms. The number of ether oxygens (including phenoxy) is 2. The van der Waals surface area contributed by atoms with Crippen LogP contribution in [-0.4, -0.2) is 54.2 Å². The quantitative estimate of drug-likeness (QED) is 0.0375. The molecule has 7 nitrogen and oxygen atoms in total. The number of hydrogen-bond acceptors (Lipinski definition) is 6. The van der Waals surface area contributed by atoms with E-state index in [0.29, 0.717) is 30.9 Å². The van der Waals surface area contributed by atoms with Gasteiger partial charge in [0.1, 0.15) is 11.4 Å². The maximum atomic E-state index is 13.0. The molecule has 0 bridgehead atoms. The first-order valence-corrected chi connectivity index (χ1v) is 24.2. The highest BCUT2D eigenvalue weighted by molar-refractivity contribution is 7.46. The van der Waals surface area contributed by atoms with Crippen LogP contribution < -0.4 is 13.9 Å². The van der Waals surface area contributed by atoms with Crippen LogP contribution in [0.1, 0.15) is 201 Å². The van der Waals surface area contributed by atoms with Gasteiger partial charge in [-0.15, -0.1) is 0 Å². The molecule has 1 aromatic rings. The summed E-state index contributed by atoms with van der Waals surface area (Å²) < 4.78 is 36.6. The Morgan fingerprint density at radius 1 is 0.556 bits per heavy atom. The average molecular weight is 782 g/mol. The molecule has 0 amide bonds. The molecule has 0 saturated heterocycles. The van der Waals surface area contributed by atoms with Gasteiger partial charge in [-0.05, 0) is 25.0 Å². The predicted octanol–water partition coefficient (Wildman–Crippen LogP) is 13.7. The third kappa shape index (κ3) is 30.2. The van der Waals surface area contributed by atoms with Crippen LogP contribution in [-0.2, 0) is 18.6 Å². The molecule has 1 rings (SSSR count). The Morgan fingerprint density at radius 3 is 1.26 bits per heavy atom. The number of quaternary nitrogens is 1. The van der Waals surface area contributed by atoms with Crippen molar-refractivity contribution in [2.75, 3.05) is 54.2 Å². The smallest absolute Gasteiger partial charge is 0.319 e. The Kier molecular flexibility index (Phi) is 31.3. The van der Waals surface area contributed by atoms with Crippen molar-refractivity contribution in [3.05, 3.63) is 24.3 Å². The van der Waals surface area contributed by atoms with Crippen molar-refractivity contribution in [3.8, 4) is 5.75 Å². The van der Waals surface area contributed by atoms with Gasteiger partial charge in [-0.1, -0.05) is 194 Å². The van der Waals surface area contributed by atoms with E-state index in [-0.39, 0.29) is 12.4 Å². The molecule has 318 valence electrons. The first-order chi connectivity index (χ1) is 26.0. The molecular weight excluding hydrogens is 693 g/mol. The molecule has 1 unspecified atom stereocenters. The van der Waals surface area contributed by atoms with Gasteiger partial charge >= 0.3 is 7.82 Å². The zero-order valence-electron chi connectivity index (χ0n) is 36.5. The van der Waals surface area contributed by atoms with Crippen LogP contribution in [0.2, 0.25) is 0 Å². The topological polar surface area (TPSA) is 77.1 Å². The van der Waals surface area contributed by atoms with Crippen LogP contribution in [0.15, 0.2) is 24.3 Å². The predicted molar refractivity (Wildman–Crippen MR) is 231 cm³/mol. The Balaban J connectivity index is 2.38. The lowest BCUT2D eigenvalue weighted by molar-refractivity contribution is -0.220. The lowest BCUT2D eigenvalue weighted by Crippen LogP contribution is -2.35. The van der Waals surface area contributed by atoms with Crippen LogP contribution in [0.25, 0.3) is 0 Å². The lowest BCUT2D eigenvalue weighted by Gasteiger charge is -2.32. The number of nitrogens with zero attached hydrogens (tertiary/aromatic N) is 1. The van der Waals surface area contributed by atoms with E-state index >= 15 is 0 Å². The highest BCUT2D eigenvalue weighted by Crippen LogP contribution is 2.42. The number of phosphoric acid groups is 1. The molecular formula is C46H88NO6P. The molecule has 0 radical (unpaired) electrons. The van der Waals surface area contributed by atoms with Crippen LogP contribution in [0.3, 0.4) is 0 Å². The van der Waals surface area contributed by atoms with E-state index in [1.165, 1.54) is 154 Å². The molecule has 0 aliphatic carbocycles. The zero-order valence-corrected chi connectivity index (χ0v) is 37.4. The van der Waals surface area contributed by atoms with E-state index in [4.69, 9.17) is 18.5 Å². The molecule has 0 fully saturated rings. The molecule has 1 atom stereocenters. The minimum atomic E-state index is -4.60. The van der Waals surface area contributed by atoms with Crippen molar-refractivity contribution in [1.82, 2.24) is 4.48 Å². The largest absolute Gasteiger partial charge is 0.746 e. The Morgan fingerprint density at radius 2 is 0.907 bits per heavy atom. The van der Waals surface area contributed by atoms with E-state index < -0.39 is 13.2 Å². The molecule has 0 saturated carbocycles. The molecule has 0 N–H and O–H groups in total. The summed E-state index contributed by atoms with van der Waals surface area (Å²) in [5.74, 6) is 0.253. The Hall–Kier alpha value is -0.950. The van der Waals surface area contributed by atoms with Crippen LogP contribution in [0.5, 0.6) is 5.75 Å². The highest BCUT2D eigenvalue weighted by atomic mass is 31.2. The van der Waals surface area contributed by atoms with Gasteiger partial charge in [0.25, 0.3) is 0 Å². The summed E-state index contributed by atoms with van der Waals surface area (Å²) in [7, 11) is 1.47. The Labute approximate surface area is 335 Å². The van der Waals surface area contributed by atoms with Crippen molar-refractivity contribution in [3.63, 3.8) is 0 Å². The van der Waals surface area contributed by atoms with Crippen molar-refractivity contribution >= 4 is 13.5 Å². The first kappa shape index (κ1) is 51.1. The molecule has 0 aromatic heterocycles. The minimum absolute atomic E-state index is 0.0553. The maximum Gasteiger partial charge on any atom is 0.319 e. The fourth-order valence-electron chi connectivity index (χ4n) is 6.91. The summed E-state index contributed by atoms with van der Waals surface area (Å²) >= 11 is 0. The van der Waals surface area contributed by atoms with Gasteiger partial charge in [-0.25, -0.2) is 0 Å². The van der Waals surface area contributed by atoms with Crippen LogP contribution in [0, 0.1) is 5.41 Å². The molecule has 0 aliphatic heterocycles. The number of unbranched alkanes of at least 4 members (excludes halogenated alkanes) is 26. The van der Waals surface area contributed by atoms with Crippen molar-refractivity contribution < 1.29 is 28.0 Å². The van der Waals surface area contributed by atoms with E-state index in [1.807, 2.05) is 34.1 Å². The summed E-state index contributed by atoms with van der Waals surface area (Å²) in [5, 5.41) is 0. The number of benzene rings is 1. The van der Waals surface area contributed by atoms with E-state index in [0.717, 1.165) is 31.4 Å². The van der Waals surface area contributed by atoms with Crippen molar-refractivity contribution in [2.24, 2.45) is 5.41 Å². The van der Waals surface area contributed by atoms with Crippen LogP contribution in [0.4, 0.5) is 5.69 Å². The SMILES string of the molecule is CCCCCCCCCCCCCCCCOCC(C)(COCCCCCCCCCCCCCCCC)COP(=O)([O-])Oc1cccc([N+](C)(C)C)c1. The van der Waals surface area contributed by atoms with E-state index in [2.05, 4.69) is 13.8 Å². The van der Waals surface area contributed by atoms with Gasteiger partial charge in [0.2, 0.25) is 0 Å². The van der Waals surface area contributed by atoms with Gasteiger partial charge in [-0.2, -0.15) is 0 Å². The monoisotopic (exact) mass is 782 g/mol. The standard InChI is InChI=1S/C46H88NO6P/c1-7-9-11-13-15-17-19-21-23-25-27-29-31-33-38-50-41-46(3,43-52-54(48,49)53-45-37-35-36-44(40-45)47(4,5)6)42-51-39-34-32-30-28-26-24-22-20-18-16-14-12-10-8-2/h35-37,40H,7-34,38-39,41-43H2,1-6H3. The van der Waals surface area contributed by atoms with E-state index in [9.17, 15) is 9.46 Å². The van der Waals surface area contributed by atoms with Gasteiger partial charge in [0.15, 0.2) is 0 Å². The van der Waals surface area contributed by atoms with Gasteiger partial charge in [0, 0.05) is 24.7 Å². The number of hydrogen-bond donors (Lipinski definition) is 0. The second kappa shape index (κ2) is 33.1. The molecule has 8 heteroatoms. The second-order valence-electron chi connectivity index (χ2n) is 17.4. The third-order valence-electron chi connectivity index (χ3n) is 10.6.